The van der Waals surface area contributed by atoms with Crippen LogP contribution in [0, 0.1) is 20.8 Å². The van der Waals surface area contributed by atoms with Gasteiger partial charge in [-0.25, -0.2) is 0 Å². The molecular formula is C18H25N3O3. The van der Waals surface area contributed by atoms with Gasteiger partial charge < -0.3 is 14.4 Å². The zero-order valence-electron chi connectivity index (χ0n) is 15.2. The number of aromatic amines is 1. The Kier molecular flexibility index (Phi) is 5.26. The van der Waals surface area contributed by atoms with Crippen molar-refractivity contribution in [2.75, 3.05) is 7.05 Å². The summed E-state index contributed by atoms with van der Waals surface area (Å²) < 4.78 is 5.16. The summed E-state index contributed by atoms with van der Waals surface area (Å²) in [6.45, 7) is 9.52. The lowest BCUT2D eigenvalue weighted by Crippen LogP contribution is -2.28. The SMILES string of the molecule is CCCc1c(C(=O)N(C)Cc2c(C)noc2C)[nH]c(C)c1C(C)=O. The second kappa shape index (κ2) is 7.03. The Morgan fingerprint density at radius 2 is 1.88 bits per heavy atom. The van der Waals surface area contributed by atoms with Gasteiger partial charge in [0.2, 0.25) is 0 Å². The quantitative estimate of drug-likeness (QED) is 0.823. The van der Waals surface area contributed by atoms with Gasteiger partial charge >= 0.3 is 0 Å². The van der Waals surface area contributed by atoms with Gasteiger partial charge in [-0.2, -0.15) is 0 Å². The Bertz CT molecular complexity index is 751. The van der Waals surface area contributed by atoms with Gasteiger partial charge in [0.1, 0.15) is 11.5 Å². The first kappa shape index (κ1) is 18.0. The third-order valence-electron chi connectivity index (χ3n) is 4.28. The number of H-pyrrole nitrogens is 1. The number of carbonyl (C=O) groups is 2. The maximum absolute atomic E-state index is 12.9. The molecule has 6 heteroatoms. The van der Waals surface area contributed by atoms with E-state index >= 15 is 0 Å². The van der Waals surface area contributed by atoms with E-state index in [0.29, 0.717) is 30.0 Å². The number of nitrogens with zero attached hydrogens (tertiary/aromatic N) is 2. The standard InChI is InChI=1S/C18H25N3O3/c1-7-8-14-16(12(4)22)11(3)19-17(14)18(23)21(6)9-15-10(2)20-24-13(15)5/h19H,7-9H2,1-6H3. The molecule has 0 radical (unpaired) electrons. The molecule has 2 aromatic heterocycles. The Hall–Kier alpha value is -2.37. The van der Waals surface area contributed by atoms with Crippen molar-refractivity contribution in [3.05, 3.63) is 39.5 Å². The van der Waals surface area contributed by atoms with Crippen LogP contribution in [-0.4, -0.2) is 33.8 Å². The van der Waals surface area contributed by atoms with Gasteiger partial charge in [0.25, 0.3) is 5.91 Å². The molecule has 1 amide bonds. The number of amides is 1. The fraction of sp³-hybridized carbons (Fsp3) is 0.500. The van der Waals surface area contributed by atoms with Crippen LogP contribution in [0.2, 0.25) is 0 Å². The third-order valence-corrected chi connectivity index (χ3v) is 4.28. The van der Waals surface area contributed by atoms with E-state index in [1.54, 1.807) is 11.9 Å². The number of aryl methyl sites for hydroxylation is 3. The molecule has 0 bridgehead atoms. The topological polar surface area (TPSA) is 79.2 Å². The molecule has 0 saturated heterocycles. The molecular weight excluding hydrogens is 306 g/mol. The average molecular weight is 331 g/mol. The van der Waals surface area contributed by atoms with Gasteiger partial charge in [-0.3, -0.25) is 9.59 Å². The first-order valence-corrected chi connectivity index (χ1v) is 8.17. The summed E-state index contributed by atoms with van der Waals surface area (Å²) in [4.78, 5) is 29.6. The predicted octanol–water partition coefficient (Wildman–Crippen LogP) is 3.36. The average Bonchev–Trinajstić information content (AvgIpc) is 3.00. The van der Waals surface area contributed by atoms with Crippen LogP contribution < -0.4 is 0 Å². The fourth-order valence-corrected chi connectivity index (χ4v) is 3.06. The highest BCUT2D eigenvalue weighted by molar-refractivity contribution is 6.02. The van der Waals surface area contributed by atoms with Gasteiger partial charge in [0.15, 0.2) is 5.78 Å². The van der Waals surface area contributed by atoms with Crippen molar-refractivity contribution >= 4 is 11.7 Å². The summed E-state index contributed by atoms with van der Waals surface area (Å²) in [6, 6.07) is 0. The number of Topliss-reactive ketones (excluding diaryl/α,β-unsaturated/α-hetero) is 1. The summed E-state index contributed by atoms with van der Waals surface area (Å²) in [5.41, 5.74) is 4.42. The van der Waals surface area contributed by atoms with E-state index in [4.69, 9.17) is 4.52 Å². The van der Waals surface area contributed by atoms with Crippen molar-refractivity contribution in [1.29, 1.82) is 0 Å². The van der Waals surface area contributed by atoms with Crippen molar-refractivity contribution in [2.45, 2.75) is 54.0 Å². The molecule has 0 unspecified atom stereocenters. The Balaban J connectivity index is 2.35. The number of nitrogens with one attached hydrogen (secondary N) is 1. The van der Waals surface area contributed by atoms with Crippen molar-refractivity contribution < 1.29 is 14.1 Å². The highest BCUT2D eigenvalue weighted by Gasteiger charge is 2.25. The van der Waals surface area contributed by atoms with Crippen LogP contribution in [0.15, 0.2) is 4.52 Å². The summed E-state index contributed by atoms with van der Waals surface area (Å²) in [5.74, 6) is 0.571. The zero-order chi connectivity index (χ0) is 18.0. The molecule has 2 heterocycles. The molecule has 2 aromatic rings. The van der Waals surface area contributed by atoms with E-state index < -0.39 is 0 Å². The monoisotopic (exact) mass is 331 g/mol. The molecule has 1 N–H and O–H groups in total. The van der Waals surface area contributed by atoms with E-state index in [1.807, 2.05) is 27.7 Å². The maximum atomic E-state index is 12.9. The molecule has 0 saturated carbocycles. The van der Waals surface area contributed by atoms with Gasteiger partial charge in [-0.05, 0) is 39.7 Å². The second-order valence-electron chi connectivity index (χ2n) is 6.25. The molecule has 0 aliphatic heterocycles. The van der Waals surface area contributed by atoms with Crippen LogP contribution in [0.3, 0.4) is 0 Å². The lowest BCUT2D eigenvalue weighted by atomic mass is 10.0. The van der Waals surface area contributed by atoms with Gasteiger partial charge in [0.05, 0.1) is 12.2 Å². The van der Waals surface area contributed by atoms with E-state index in [-0.39, 0.29) is 11.7 Å². The number of aromatic nitrogens is 2. The molecule has 0 spiro atoms. The van der Waals surface area contributed by atoms with Crippen LogP contribution in [0.1, 0.15) is 69.4 Å². The van der Waals surface area contributed by atoms with Crippen molar-refractivity contribution in [3.63, 3.8) is 0 Å². The fourth-order valence-electron chi connectivity index (χ4n) is 3.06. The predicted molar refractivity (Wildman–Crippen MR) is 91.3 cm³/mol. The number of hydrogen-bond acceptors (Lipinski definition) is 4. The van der Waals surface area contributed by atoms with Crippen LogP contribution >= 0.6 is 0 Å². The van der Waals surface area contributed by atoms with E-state index in [0.717, 1.165) is 28.9 Å². The van der Waals surface area contributed by atoms with Crippen molar-refractivity contribution in [2.24, 2.45) is 0 Å². The first-order valence-electron chi connectivity index (χ1n) is 8.17. The number of ketones is 1. The minimum atomic E-state index is -0.131. The first-order chi connectivity index (χ1) is 11.3. The van der Waals surface area contributed by atoms with Gasteiger partial charge in [0, 0.05) is 23.9 Å². The van der Waals surface area contributed by atoms with Crippen LogP contribution in [0.25, 0.3) is 0 Å². The van der Waals surface area contributed by atoms with Crippen molar-refractivity contribution in [3.8, 4) is 0 Å². The Labute approximate surface area is 142 Å². The molecule has 0 atom stereocenters. The summed E-state index contributed by atoms with van der Waals surface area (Å²) >= 11 is 0. The molecule has 24 heavy (non-hydrogen) atoms. The Morgan fingerprint density at radius 1 is 1.21 bits per heavy atom. The van der Waals surface area contributed by atoms with E-state index in [9.17, 15) is 9.59 Å². The van der Waals surface area contributed by atoms with Crippen LogP contribution in [0.4, 0.5) is 0 Å². The van der Waals surface area contributed by atoms with E-state index in [1.165, 1.54) is 6.92 Å². The molecule has 130 valence electrons. The minimum Gasteiger partial charge on any atom is -0.361 e. The minimum absolute atomic E-state index is 0.0142. The molecule has 2 rings (SSSR count). The van der Waals surface area contributed by atoms with Gasteiger partial charge in [-0.1, -0.05) is 18.5 Å². The lowest BCUT2D eigenvalue weighted by molar-refractivity contribution is 0.0778. The highest BCUT2D eigenvalue weighted by atomic mass is 16.5. The number of hydrogen-bond donors (Lipinski definition) is 1. The summed E-state index contributed by atoms with van der Waals surface area (Å²) in [5, 5.41) is 3.92. The zero-order valence-corrected chi connectivity index (χ0v) is 15.2. The maximum Gasteiger partial charge on any atom is 0.270 e. The molecule has 0 fully saturated rings. The molecule has 0 aliphatic carbocycles. The summed E-state index contributed by atoms with van der Waals surface area (Å²) in [6.07, 6.45) is 1.56. The largest absolute Gasteiger partial charge is 0.361 e. The van der Waals surface area contributed by atoms with Gasteiger partial charge in [-0.15, -0.1) is 0 Å². The number of carbonyl (C=O) groups excluding carboxylic acids is 2. The highest BCUT2D eigenvalue weighted by Crippen LogP contribution is 2.23. The van der Waals surface area contributed by atoms with Crippen molar-refractivity contribution in [1.82, 2.24) is 15.0 Å². The second-order valence-corrected chi connectivity index (χ2v) is 6.25. The molecule has 0 aromatic carbocycles. The van der Waals surface area contributed by atoms with Crippen LogP contribution in [-0.2, 0) is 13.0 Å². The summed E-state index contributed by atoms with van der Waals surface area (Å²) in [7, 11) is 1.74. The smallest absolute Gasteiger partial charge is 0.270 e. The van der Waals surface area contributed by atoms with Crippen LogP contribution in [0.5, 0.6) is 0 Å². The lowest BCUT2D eigenvalue weighted by Gasteiger charge is -2.17. The molecule has 6 nitrogen and oxygen atoms in total. The van der Waals surface area contributed by atoms with E-state index in [2.05, 4.69) is 10.1 Å². The Morgan fingerprint density at radius 3 is 2.38 bits per heavy atom. The number of rotatable bonds is 6. The third kappa shape index (κ3) is 3.27. The normalized spacial score (nSPS) is 10.9. The molecule has 0 aliphatic rings.